The van der Waals surface area contributed by atoms with Gasteiger partial charge in [-0.2, -0.15) is 13.2 Å². The number of alkyl halides is 3. The van der Waals surface area contributed by atoms with E-state index >= 15 is 0 Å². The smallest absolute Gasteiger partial charge is 0.348 e. The van der Waals surface area contributed by atoms with Crippen molar-refractivity contribution in [2.75, 3.05) is 0 Å². The van der Waals surface area contributed by atoms with Crippen molar-refractivity contribution in [2.24, 2.45) is 0 Å². The van der Waals surface area contributed by atoms with Crippen molar-refractivity contribution in [2.45, 2.75) is 19.6 Å². The number of carbonyl (C=O) groups excluding carboxylic acids is 1. The second-order valence-electron chi connectivity index (χ2n) is 5.25. The summed E-state index contributed by atoms with van der Waals surface area (Å²) in [5, 5.41) is 3.43. The van der Waals surface area contributed by atoms with Gasteiger partial charge in [-0.1, -0.05) is 18.2 Å². The fraction of sp³-hybridized carbons (Fsp3) is 0.176. The van der Waals surface area contributed by atoms with Gasteiger partial charge in [-0.05, 0) is 36.8 Å². The van der Waals surface area contributed by atoms with E-state index in [9.17, 15) is 18.0 Å². The van der Waals surface area contributed by atoms with Crippen molar-refractivity contribution < 1.29 is 18.0 Å². The molecule has 0 fully saturated rings. The fourth-order valence-corrected chi connectivity index (χ4v) is 3.22. The molecule has 0 atom stereocenters. The van der Waals surface area contributed by atoms with E-state index < -0.39 is 17.6 Å². The standard InChI is InChI=1S/C17H13F3N2OS/c1-10-22-14-8-11(6-7-15(14)24-10)16(23)21-9-12-4-2-3-5-13(12)17(18,19)20/h2-8H,9H2,1H3,(H,21,23). The highest BCUT2D eigenvalue weighted by Gasteiger charge is 2.32. The highest BCUT2D eigenvalue weighted by molar-refractivity contribution is 7.18. The first-order valence-electron chi connectivity index (χ1n) is 7.15. The first-order valence-corrected chi connectivity index (χ1v) is 7.97. The van der Waals surface area contributed by atoms with E-state index in [4.69, 9.17) is 0 Å². The molecular weight excluding hydrogens is 337 g/mol. The molecule has 0 aliphatic rings. The van der Waals surface area contributed by atoms with Crippen LogP contribution < -0.4 is 5.32 Å². The van der Waals surface area contributed by atoms with Crippen LogP contribution in [0.1, 0.15) is 26.5 Å². The molecular formula is C17H13F3N2OS. The predicted octanol–water partition coefficient (Wildman–Crippen LogP) is 4.55. The number of aromatic nitrogens is 1. The summed E-state index contributed by atoms with van der Waals surface area (Å²) >= 11 is 1.52. The van der Waals surface area contributed by atoms with Crippen LogP contribution in [0, 0.1) is 6.92 Å². The molecule has 0 saturated heterocycles. The number of nitrogens with one attached hydrogen (secondary N) is 1. The number of nitrogens with zero attached hydrogens (tertiary/aromatic N) is 1. The van der Waals surface area contributed by atoms with Crippen molar-refractivity contribution in [3.05, 3.63) is 64.2 Å². The number of carbonyl (C=O) groups is 1. The molecule has 1 aromatic heterocycles. The molecule has 7 heteroatoms. The Labute approximate surface area is 140 Å². The lowest BCUT2D eigenvalue weighted by atomic mass is 10.1. The zero-order valence-electron chi connectivity index (χ0n) is 12.6. The summed E-state index contributed by atoms with van der Waals surface area (Å²) in [4.78, 5) is 16.5. The first kappa shape index (κ1) is 16.4. The van der Waals surface area contributed by atoms with Crippen LogP contribution in [0.4, 0.5) is 13.2 Å². The van der Waals surface area contributed by atoms with Crippen LogP contribution in [-0.4, -0.2) is 10.9 Å². The molecule has 0 aliphatic heterocycles. The second kappa shape index (κ2) is 6.24. The van der Waals surface area contributed by atoms with Crippen molar-refractivity contribution in [1.82, 2.24) is 10.3 Å². The third-order valence-corrected chi connectivity index (χ3v) is 4.47. The Bertz CT molecular complexity index is 902. The molecule has 3 rings (SSSR count). The molecule has 0 unspecified atom stereocenters. The Morgan fingerprint density at radius 1 is 1.21 bits per heavy atom. The molecule has 1 heterocycles. The van der Waals surface area contributed by atoms with Crippen molar-refractivity contribution in [1.29, 1.82) is 0 Å². The average molecular weight is 350 g/mol. The Balaban J connectivity index is 1.78. The maximum Gasteiger partial charge on any atom is 0.416 e. The average Bonchev–Trinajstić information content (AvgIpc) is 2.91. The van der Waals surface area contributed by atoms with Crippen LogP contribution in [0.2, 0.25) is 0 Å². The van der Waals surface area contributed by atoms with Crippen LogP contribution >= 0.6 is 11.3 Å². The van der Waals surface area contributed by atoms with Crippen molar-refractivity contribution in [3.63, 3.8) is 0 Å². The molecule has 0 radical (unpaired) electrons. The molecule has 24 heavy (non-hydrogen) atoms. The van der Waals surface area contributed by atoms with E-state index in [0.29, 0.717) is 11.1 Å². The lowest BCUT2D eigenvalue weighted by Gasteiger charge is -2.13. The maximum absolute atomic E-state index is 13.0. The molecule has 1 amide bonds. The van der Waals surface area contributed by atoms with E-state index in [2.05, 4.69) is 10.3 Å². The van der Waals surface area contributed by atoms with Gasteiger partial charge in [0.1, 0.15) is 0 Å². The van der Waals surface area contributed by atoms with E-state index in [0.717, 1.165) is 15.8 Å². The van der Waals surface area contributed by atoms with Gasteiger partial charge < -0.3 is 5.32 Å². The van der Waals surface area contributed by atoms with Gasteiger partial charge in [0.05, 0.1) is 20.8 Å². The summed E-state index contributed by atoms with van der Waals surface area (Å²) in [7, 11) is 0. The van der Waals surface area contributed by atoms with Gasteiger partial charge in [0.15, 0.2) is 0 Å². The molecule has 0 aliphatic carbocycles. The van der Waals surface area contributed by atoms with E-state index in [-0.39, 0.29) is 12.1 Å². The van der Waals surface area contributed by atoms with Crippen LogP contribution in [0.3, 0.4) is 0 Å². The topological polar surface area (TPSA) is 42.0 Å². The number of hydrogen-bond donors (Lipinski definition) is 1. The van der Waals surface area contributed by atoms with Crippen molar-refractivity contribution >= 4 is 27.5 Å². The quantitative estimate of drug-likeness (QED) is 0.753. The second-order valence-corrected chi connectivity index (χ2v) is 6.49. The summed E-state index contributed by atoms with van der Waals surface area (Å²) < 4.78 is 39.8. The van der Waals surface area contributed by atoms with Gasteiger partial charge in [0.2, 0.25) is 0 Å². The number of thiazole rings is 1. The number of amides is 1. The molecule has 0 saturated carbocycles. The zero-order chi connectivity index (χ0) is 17.3. The fourth-order valence-electron chi connectivity index (χ4n) is 2.41. The van der Waals surface area contributed by atoms with E-state index in [1.165, 1.54) is 29.5 Å². The number of hydrogen-bond acceptors (Lipinski definition) is 3. The van der Waals surface area contributed by atoms with Crippen molar-refractivity contribution in [3.8, 4) is 0 Å². The maximum atomic E-state index is 13.0. The number of aryl methyl sites for hydroxylation is 1. The normalized spacial score (nSPS) is 11.7. The SMILES string of the molecule is Cc1nc2cc(C(=O)NCc3ccccc3C(F)(F)F)ccc2s1. The van der Waals surface area contributed by atoms with Gasteiger partial charge >= 0.3 is 6.18 Å². The Morgan fingerprint density at radius 2 is 1.96 bits per heavy atom. The minimum atomic E-state index is -4.45. The van der Waals surface area contributed by atoms with Gasteiger partial charge in [-0.15, -0.1) is 11.3 Å². The zero-order valence-corrected chi connectivity index (χ0v) is 13.5. The van der Waals surface area contributed by atoms with Crippen LogP contribution in [0.25, 0.3) is 10.2 Å². The highest BCUT2D eigenvalue weighted by atomic mass is 32.1. The molecule has 0 spiro atoms. The third kappa shape index (κ3) is 3.41. The number of rotatable bonds is 3. The first-order chi connectivity index (χ1) is 11.3. The Morgan fingerprint density at radius 3 is 2.71 bits per heavy atom. The molecule has 3 nitrogen and oxygen atoms in total. The summed E-state index contributed by atoms with van der Waals surface area (Å²) in [6.07, 6.45) is -4.45. The number of benzene rings is 2. The van der Waals surface area contributed by atoms with Gasteiger partial charge in [-0.25, -0.2) is 4.98 Å². The van der Waals surface area contributed by atoms with Crippen LogP contribution in [0.5, 0.6) is 0 Å². The molecule has 0 bridgehead atoms. The summed E-state index contributed by atoms with van der Waals surface area (Å²) in [6, 6.07) is 10.3. The number of fused-ring (bicyclic) bond motifs is 1. The largest absolute Gasteiger partial charge is 0.416 e. The lowest BCUT2D eigenvalue weighted by molar-refractivity contribution is -0.138. The Kier molecular flexibility index (Phi) is 4.28. The predicted molar refractivity (Wildman–Crippen MR) is 87.0 cm³/mol. The molecule has 3 aromatic rings. The van der Waals surface area contributed by atoms with Crippen LogP contribution in [-0.2, 0) is 12.7 Å². The third-order valence-electron chi connectivity index (χ3n) is 3.52. The van der Waals surface area contributed by atoms with E-state index in [1.807, 2.05) is 6.92 Å². The highest BCUT2D eigenvalue weighted by Crippen LogP contribution is 2.31. The van der Waals surface area contributed by atoms with Gasteiger partial charge in [0, 0.05) is 12.1 Å². The van der Waals surface area contributed by atoms with Gasteiger partial charge in [0.25, 0.3) is 5.91 Å². The monoisotopic (exact) mass is 350 g/mol. The lowest BCUT2D eigenvalue weighted by Crippen LogP contribution is -2.24. The summed E-state index contributed by atoms with van der Waals surface area (Å²) in [5.41, 5.74) is 0.373. The van der Waals surface area contributed by atoms with E-state index in [1.54, 1.807) is 18.2 Å². The van der Waals surface area contributed by atoms with Gasteiger partial charge in [-0.3, -0.25) is 4.79 Å². The molecule has 1 N–H and O–H groups in total. The van der Waals surface area contributed by atoms with Crippen LogP contribution in [0.15, 0.2) is 42.5 Å². The summed E-state index contributed by atoms with van der Waals surface area (Å²) in [6.45, 7) is 1.68. The minimum absolute atomic E-state index is 0.0314. The molecule has 124 valence electrons. The summed E-state index contributed by atoms with van der Waals surface area (Å²) in [5.74, 6) is -0.431. The number of halogens is 3. The molecule has 2 aromatic carbocycles. The minimum Gasteiger partial charge on any atom is -0.348 e. The Hall–Kier alpha value is -2.41.